The molecule has 3 rings (SSSR count). The minimum atomic E-state index is -0.583. The minimum absolute atomic E-state index is 0.0234. The van der Waals surface area contributed by atoms with E-state index in [-0.39, 0.29) is 28.2 Å². The van der Waals surface area contributed by atoms with Crippen LogP contribution in [0, 0.1) is 10.1 Å². The molecule has 26 heavy (non-hydrogen) atoms. The molecule has 0 aliphatic carbocycles. The van der Waals surface area contributed by atoms with Crippen LogP contribution in [0.3, 0.4) is 0 Å². The summed E-state index contributed by atoms with van der Waals surface area (Å²) in [6.07, 6.45) is 2.38. The lowest BCUT2D eigenvalue weighted by Gasteiger charge is -2.25. The molecule has 2 aromatic rings. The number of amides is 1. The number of likely N-dealkylation sites (tertiary alicyclic amines) is 1. The third kappa shape index (κ3) is 4.20. The molecule has 0 aromatic heterocycles. The molecular weight excluding hydrogens is 354 g/mol. The van der Waals surface area contributed by atoms with E-state index in [9.17, 15) is 14.9 Å². The predicted molar refractivity (Wildman–Crippen MR) is 99.6 cm³/mol. The van der Waals surface area contributed by atoms with Crippen molar-refractivity contribution >= 4 is 23.2 Å². The van der Waals surface area contributed by atoms with Gasteiger partial charge in [0, 0.05) is 30.0 Å². The van der Waals surface area contributed by atoms with Gasteiger partial charge in [-0.1, -0.05) is 41.9 Å². The summed E-state index contributed by atoms with van der Waals surface area (Å²) in [4.78, 5) is 24.4. The molecule has 2 aromatic carbocycles. The van der Waals surface area contributed by atoms with Gasteiger partial charge in [0.05, 0.1) is 24.6 Å². The van der Waals surface area contributed by atoms with Crippen LogP contribution in [0.5, 0.6) is 0 Å². The number of nitro groups is 1. The Morgan fingerprint density at radius 2 is 1.88 bits per heavy atom. The third-order valence-corrected chi connectivity index (χ3v) is 5.13. The number of quaternary nitrogens is 1. The van der Waals surface area contributed by atoms with Crippen molar-refractivity contribution < 1.29 is 14.6 Å². The van der Waals surface area contributed by atoms with E-state index in [1.807, 2.05) is 18.2 Å². The minimum Gasteiger partial charge on any atom is -0.346 e. The summed E-state index contributed by atoms with van der Waals surface area (Å²) in [5, 5.41) is 14.0. The molecule has 136 valence electrons. The molecule has 1 aliphatic rings. The fraction of sp³-hybridized carbons (Fsp3) is 0.316. The normalized spacial score (nSPS) is 15.6. The van der Waals surface area contributed by atoms with Gasteiger partial charge in [-0.3, -0.25) is 14.9 Å². The molecule has 2 N–H and O–H groups in total. The summed E-state index contributed by atoms with van der Waals surface area (Å²) in [5.41, 5.74) is 1.17. The summed E-state index contributed by atoms with van der Waals surface area (Å²) < 4.78 is 0. The van der Waals surface area contributed by atoms with Crippen molar-refractivity contribution in [3.63, 3.8) is 0 Å². The quantitative estimate of drug-likeness (QED) is 0.602. The SMILES string of the molecule is O=C(NC[C@H](c1ccccc1)[NH+]1CCCC1)c1ccc(Cl)c([N+](=O)[O-])c1. The van der Waals surface area contributed by atoms with Crippen LogP contribution in [0.1, 0.15) is 34.8 Å². The second-order valence-corrected chi connectivity index (χ2v) is 6.87. The first-order chi connectivity index (χ1) is 12.6. The highest BCUT2D eigenvalue weighted by Gasteiger charge is 2.28. The first kappa shape index (κ1) is 18.4. The van der Waals surface area contributed by atoms with Crippen LogP contribution in [-0.4, -0.2) is 30.5 Å². The molecule has 1 atom stereocenters. The zero-order chi connectivity index (χ0) is 18.5. The molecule has 6 nitrogen and oxygen atoms in total. The zero-order valence-electron chi connectivity index (χ0n) is 14.3. The number of hydrogen-bond acceptors (Lipinski definition) is 3. The summed E-state index contributed by atoms with van der Waals surface area (Å²) in [7, 11) is 0. The monoisotopic (exact) mass is 374 g/mol. The van der Waals surface area contributed by atoms with Crippen LogP contribution < -0.4 is 10.2 Å². The maximum atomic E-state index is 12.5. The molecule has 1 fully saturated rings. The number of hydrogen-bond donors (Lipinski definition) is 2. The Bertz CT molecular complexity index is 792. The highest BCUT2D eigenvalue weighted by atomic mass is 35.5. The number of nitrogens with one attached hydrogen (secondary N) is 2. The zero-order valence-corrected chi connectivity index (χ0v) is 15.0. The fourth-order valence-corrected chi connectivity index (χ4v) is 3.64. The molecule has 0 radical (unpaired) electrons. The molecule has 7 heteroatoms. The van der Waals surface area contributed by atoms with Crippen LogP contribution >= 0.6 is 11.6 Å². The Kier molecular flexibility index (Phi) is 5.85. The van der Waals surface area contributed by atoms with Crippen molar-refractivity contribution in [2.45, 2.75) is 18.9 Å². The topological polar surface area (TPSA) is 76.7 Å². The van der Waals surface area contributed by atoms with Crippen molar-refractivity contribution in [3.05, 3.63) is 74.8 Å². The largest absolute Gasteiger partial charge is 0.346 e. The van der Waals surface area contributed by atoms with E-state index < -0.39 is 4.92 Å². The van der Waals surface area contributed by atoms with E-state index in [1.54, 1.807) is 0 Å². The molecule has 1 heterocycles. The van der Waals surface area contributed by atoms with Gasteiger partial charge in [-0.2, -0.15) is 0 Å². The Morgan fingerprint density at radius 1 is 1.19 bits per heavy atom. The van der Waals surface area contributed by atoms with Gasteiger partial charge in [0.15, 0.2) is 0 Å². The maximum Gasteiger partial charge on any atom is 0.288 e. The lowest BCUT2D eigenvalue weighted by atomic mass is 10.1. The number of rotatable bonds is 6. The Morgan fingerprint density at radius 3 is 2.54 bits per heavy atom. The van der Waals surface area contributed by atoms with Crippen LogP contribution in [0.25, 0.3) is 0 Å². The van der Waals surface area contributed by atoms with Gasteiger partial charge >= 0.3 is 0 Å². The number of benzene rings is 2. The Balaban J connectivity index is 1.73. The summed E-state index contributed by atoms with van der Waals surface area (Å²) in [6, 6.07) is 14.4. The van der Waals surface area contributed by atoms with E-state index >= 15 is 0 Å². The van der Waals surface area contributed by atoms with Crippen molar-refractivity contribution in [2.24, 2.45) is 0 Å². The molecule has 1 aliphatic heterocycles. The van der Waals surface area contributed by atoms with Gasteiger partial charge in [-0.25, -0.2) is 0 Å². The second kappa shape index (κ2) is 8.29. The van der Waals surface area contributed by atoms with Gasteiger partial charge in [0.2, 0.25) is 0 Å². The van der Waals surface area contributed by atoms with Gasteiger partial charge in [0.25, 0.3) is 11.6 Å². The number of nitro benzene ring substituents is 1. The fourth-order valence-electron chi connectivity index (χ4n) is 3.45. The molecule has 0 bridgehead atoms. The molecule has 1 saturated heterocycles. The Labute approximate surface area is 156 Å². The van der Waals surface area contributed by atoms with Crippen LogP contribution in [0.2, 0.25) is 5.02 Å². The number of carbonyl (C=O) groups is 1. The van der Waals surface area contributed by atoms with Gasteiger partial charge in [-0.15, -0.1) is 0 Å². The standard InChI is InChI=1S/C19H20ClN3O3/c20-16-9-8-15(12-17(16)23(25)26)19(24)21-13-18(22-10-4-5-11-22)14-6-2-1-3-7-14/h1-3,6-9,12,18H,4-5,10-11,13H2,(H,21,24)/p+1/t18-/m1/s1. The van der Waals surface area contributed by atoms with E-state index in [1.165, 1.54) is 41.5 Å². The lowest BCUT2D eigenvalue weighted by molar-refractivity contribution is -0.918. The van der Waals surface area contributed by atoms with Crippen molar-refractivity contribution in [3.8, 4) is 0 Å². The molecule has 0 unspecified atom stereocenters. The number of halogens is 1. The summed E-state index contributed by atoms with van der Waals surface area (Å²) >= 11 is 5.81. The number of carbonyl (C=O) groups excluding carboxylic acids is 1. The van der Waals surface area contributed by atoms with E-state index in [0.717, 1.165) is 13.1 Å². The van der Waals surface area contributed by atoms with E-state index in [0.29, 0.717) is 6.54 Å². The van der Waals surface area contributed by atoms with Crippen molar-refractivity contribution in [1.82, 2.24) is 5.32 Å². The van der Waals surface area contributed by atoms with Gasteiger partial charge in [-0.05, 0) is 12.1 Å². The predicted octanol–water partition coefficient (Wildman–Crippen LogP) is 2.40. The lowest BCUT2D eigenvalue weighted by Crippen LogP contribution is -3.11. The van der Waals surface area contributed by atoms with Crippen LogP contribution in [0.15, 0.2) is 48.5 Å². The molecule has 0 spiro atoms. The van der Waals surface area contributed by atoms with Crippen LogP contribution in [-0.2, 0) is 0 Å². The first-order valence-electron chi connectivity index (χ1n) is 8.68. The third-order valence-electron chi connectivity index (χ3n) is 4.81. The average Bonchev–Trinajstić information content (AvgIpc) is 3.17. The summed E-state index contributed by atoms with van der Waals surface area (Å²) in [6.45, 7) is 2.65. The highest BCUT2D eigenvalue weighted by Crippen LogP contribution is 2.25. The second-order valence-electron chi connectivity index (χ2n) is 6.46. The van der Waals surface area contributed by atoms with Gasteiger partial charge in [0.1, 0.15) is 11.1 Å². The highest BCUT2D eigenvalue weighted by molar-refractivity contribution is 6.32. The van der Waals surface area contributed by atoms with Gasteiger partial charge < -0.3 is 10.2 Å². The first-order valence-corrected chi connectivity index (χ1v) is 9.05. The smallest absolute Gasteiger partial charge is 0.288 e. The van der Waals surface area contributed by atoms with E-state index in [2.05, 4.69) is 17.4 Å². The Hall–Kier alpha value is -2.44. The molecule has 0 saturated carbocycles. The van der Waals surface area contributed by atoms with E-state index in [4.69, 9.17) is 11.6 Å². The van der Waals surface area contributed by atoms with Crippen molar-refractivity contribution in [2.75, 3.05) is 19.6 Å². The maximum absolute atomic E-state index is 12.5. The van der Waals surface area contributed by atoms with Crippen molar-refractivity contribution in [1.29, 1.82) is 0 Å². The molecule has 1 amide bonds. The average molecular weight is 375 g/mol. The van der Waals surface area contributed by atoms with Crippen LogP contribution in [0.4, 0.5) is 5.69 Å². The summed E-state index contributed by atoms with van der Waals surface area (Å²) in [5.74, 6) is -0.329. The molecular formula is C19H21ClN3O3+. The number of nitrogens with zero attached hydrogens (tertiary/aromatic N) is 1.